The molecule has 0 unspecified atom stereocenters. The van der Waals surface area contributed by atoms with Crippen molar-refractivity contribution in [1.82, 2.24) is 0 Å². The van der Waals surface area contributed by atoms with E-state index < -0.39 is 0 Å². The zero-order valence-electron chi connectivity index (χ0n) is 29.9. The van der Waals surface area contributed by atoms with Crippen molar-refractivity contribution < 1.29 is 0 Å². The number of fused-ring (bicyclic) bond motifs is 3. The largest absolute Gasteiger partial charge is 0.317 e. The normalized spacial score (nSPS) is 12.0. The van der Waals surface area contributed by atoms with Crippen molar-refractivity contribution in [2.45, 2.75) is 0 Å². The van der Waals surface area contributed by atoms with Crippen molar-refractivity contribution in [2.24, 2.45) is 0 Å². The number of anilines is 5. The van der Waals surface area contributed by atoms with E-state index in [1.54, 1.807) is 0 Å². The molecule has 9 aromatic carbocycles. The molecule has 0 bridgehead atoms. The van der Waals surface area contributed by atoms with Crippen LogP contribution in [0.1, 0.15) is 0 Å². The Morgan fingerprint density at radius 2 is 0.870 bits per heavy atom. The van der Waals surface area contributed by atoms with Crippen LogP contribution in [0.2, 0.25) is 0 Å². The minimum absolute atomic E-state index is 1.08. The molecular weight excluding hydrogens is 653 g/mol. The quantitative estimate of drug-likeness (QED) is 0.157. The second-order valence-electron chi connectivity index (χ2n) is 13.5. The molecule has 0 aliphatic heterocycles. The van der Waals surface area contributed by atoms with E-state index in [4.69, 9.17) is 0 Å². The Morgan fingerprint density at radius 3 is 1.54 bits per heavy atom. The molecule has 0 radical (unpaired) electrons. The standard InChI is InChI=1S/C52H38N2/c1-2-12-38-13-5-8-19-46(38)37-53(49-33-27-39-14-3-6-17-44(39)35-49)47-29-23-41(24-30-47)42-25-31-48(32-26-42)54(50-34-28-40-15-4-7-18-45(40)36-50)52-22-11-20-43-16-9-10-21-51(43)52/h2-37H,1H2/b38-12-,46-37+. The summed E-state index contributed by atoms with van der Waals surface area (Å²) in [7, 11) is 0. The lowest BCUT2D eigenvalue weighted by Crippen LogP contribution is -2.27. The summed E-state index contributed by atoms with van der Waals surface area (Å²) < 4.78 is 0. The van der Waals surface area contributed by atoms with Crippen molar-refractivity contribution in [1.29, 1.82) is 0 Å². The maximum Gasteiger partial charge on any atom is 0.0540 e. The lowest BCUT2D eigenvalue weighted by molar-refractivity contribution is 1.30. The Kier molecular flexibility index (Phi) is 8.76. The highest BCUT2D eigenvalue weighted by atomic mass is 15.1. The predicted molar refractivity (Wildman–Crippen MR) is 232 cm³/mol. The second-order valence-corrected chi connectivity index (χ2v) is 13.5. The van der Waals surface area contributed by atoms with Crippen LogP contribution in [0.3, 0.4) is 0 Å². The van der Waals surface area contributed by atoms with E-state index in [-0.39, 0.29) is 0 Å². The Labute approximate surface area is 316 Å². The third-order valence-corrected chi connectivity index (χ3v) is 10.2. The molecule has 0 fully saturated rings. The van der Waals surface area contributed by atoms with Gasteiger partial charge in [-0.1, -0.05) is 164 Å². The molecule has 0 atom stereocenters. The average Bonchev–Trinajstić information content (AvgIpc) is 3.24. The smallest absolute Gasteiger partial charge is 0.0540 e. The second kappa shape index (κ2) is 14.5. The predicted octanol–water partition coefficient (Wildman–Crippen LogP) is 12.8. The maximum absolute atomic E-state index is 3.95. The van der Waals surface area contributed by atoms with Crippen molar-refractivity contribution in [3.8, 4) is 11.1 Å². The molecule has 0 heterocycles. The summed E-state index contributed by atoms with van der Waals surface area (Å²) in [5.74, 6) is 0. The first kappa shape index (κ1) is 32.7. The summed E-state index contributed by atoms with van der Waals surface area (Å²) in [6.07, 6.45) is 6.12. The van der Waals surface area contributed by atoms with Gasteiger partial charge in [-0.2, -0.15) is 0 Å². The maximum atomic E-state index is 3.95. The third-order valence-electron chi connectivity index (χ3n) is 10.2. The molecule has 54 heavy (non-hydrogen) atoms. The molecule has 0 N–H and O–H groups in total. The van der Waals surface area contributed by atoms with Gasteiger partial charge in [0.05, 0.1) is 5.69 Å². The molecule has 0 saturated carbocycles. The average molecular weight is 691 g/mol. The van der Waals surface area contributed by atoms with Gasteiger partial charge in [0, 0.05) is 34.3 Å². The van der Waals surface area contributed by atoms with Gasteiger partial charge in [-0.15, -0.1) is 0 Å². The summed E-state index contributed by atoms with van der Waals surface area (Å²) in [4.78, 5) is 4.65. The van der Waals surface area contributed by atoms with E-state index in [0.29, 0.717) is 0 Å². The molecule has 9 rings (SSSR count). The van der Waals surface area contributed by atoms with E-state index in [2.05, 4.69) is 229 Å². The fourth-order valence-corrected chi connectivity index (χ4v) is 7.43. The van der Waals surface area contributed by atoms with Gasteiger partial charge in [0.15, 0.2) is 0 Å². The summed E-state index contributed by atoms with van der Waals surface area (Å²) in [5, 5.41) is 9.55. The van der Waals surface area contributed by atoms with Gasteiger partial charge in [0.25, 0.3) is 0 Å². The van der Waals surface area contributed by atoms with Crippen molar-refractivity contribution in [2.75, 3.05) is 9.80 Å². The number of allylic oxidation sites excluding steroid dienone is 1. The Hall–Kier alpha value is -7.16. The Bertz CT molecular complexity index is 2900. The molecule has 2 heteroatoms. The number of hydrogen-bond acceptors (Lipinski definition) is 2. The van der Waals surface area contributed by atoms with Gasteiger partial charge in [-0.25, -0.2) is 0 Å². The highest BCUT2D eigenvalue weighted by molar-refractivity contribution is 6.00. The van der Waals surface area contributed by atoms with Crippen LogP contribution in [0.4, 0.5) is 28.4 Å². The highest BCUT2D eigenvalue weighted by Gasteiger charge is 2.16. The molecular formula is C52H38N2. The zero-order chi connectivity index (χ0) is 36.3. The van der Waals surface area contributed by atoms with Crippen molar-refractivity contribution in [3.05, 3.63) is 223 Å². The zero-order valence-corrected chi connectivity index (χ0v) is 29.9. The van der Waals surface area contributed by atoms with Gasteiger partial charge in [0.1, 0.15) is 0 Å². The van der Waals surface area contributed by atoms with Crippen LogP contribution in [0.15, 0.2) is 213 Å². The number of hydrogen-bond donors (Lipinski definition) is 0. The van der Waals surface area contributed by atoms with Gasteiger partial charge in [-0.3, -0.25) is 0 Å². The van der Waals surface area contributed by atoms with Crippen LogP contribution >= 0.6 is 0 Å². The number of nitrogens with zero attached hydrogens (tertiary/aromatic N) is 2. The summed E-state index contributed by atoms with van der Waals surface area (Å²) >= 11 is 0. The molecule has 0 aromatic heterocycles. The summed E-state index contributed by atoms with van der Waals surface area (Å²) in [6, 6.07) is 71.9. The molecule has 2 nitrogen and oxygen atoms in total. The van der Waals surface area contributed by atoms with E-state index >= 15 is 0 Å². The lowest BCUT2D eigenvalue weighted by Gasteiger charge is -2.27. The first-order valence-corrected chi connectivity index (χ1v) is 18.4. The van der Waals surface area contributed by atoms with Gasteiger partial charge < -0.3 is 9.80 Å². The Morgan fingerprint density at radius 1 is 0.370 bits per heavy atom. The molecule has 0 spiro atoms. The van der Waals surface area contributed by atoms with Crippen LogP contribution in [0.5, 0.6) is 0 Å². The van der Waals surface area contributed by atoms with Crippen LogP contribution in [0.25, 0.3) is 55.7 Å². The van der Waals surface area contributed by atoms with Gasteiger partial charge in [-0.05, 0) is 103 Å². The monoisotopic (exact) mass is 690 g/mol. The van der Waals surface area contributed by atoms with Gasteiger partial charge in [0.2, 0.25) is 0 Å². The SMILES string of the molecule is C=C/C=c1/cccc/c1=C\N(c1ccc(-c2ccc(N(c3ccc4ccccc4c3)c3cccc4ccccc34)cc2)cc1)c1ccc2ccccc2c1. The van der Waals surface area contributed by atoms with E-state index in [0.717, 1.165) is 50.0 Å². The fraction of sp³-hybridized carbons (Fsp3) is 0. The van der Waals surface area contributed by atoms with E-state index in [1.165, 1.54) is 32.3 Å². The first-order chi connectivity index (χ1) is 26.7. The number of rotatable bonds is 8. The lowest BCUT2D eigenvalue weighted by atomic mass is 10.0. The Balaban J connectivity index is 1.10. The van der Waals surface area contributed by atoms with Crippen LogP contribution in [-0.4, -0.2) is 0 Å². The van der Waals surface area contributed by atoms with E-state index in [1.807, 2.05) is 6.08 Å². The molecule has 0 saturated heterocycles. The minimum atomic E-state index is 1.08. The fourth-order valence-electron chi connectivity index (χ4n) is 7.43. The molecule has 0 amide bonds. The topological polar surface area (TPSA) is 6.48 Å². The minimum Gasteiger partial charge on any atom is -0.317 e. The van der Waals surface area contributed by atoms with E-state index in [9.17, 15) is 0 Å². The van der Waals surface area contributed by atoms with Crippen molar-refractivity contribution in [3.63, 3.8) is 0 Å². The van der Waals surface area contributed by atoms with Gasteiger partial charge >= 0.3 is 0 Å². The molecule has 256 valence electrons. The molecule has 0 aliphatic carbocycles. The van der Waals surface area contributed by atoms with Crippen LogP contribution in [-0.2, 0) is 0 Å². The van der Waals surface area contributed by atoms with Crippen LogP contribution in [0, 0.1) is 0 Å². The summed E-state index contributed by atoms with van der Waals surface area (Å²) in [6.45, 7) is 3.95. The number of benzene rings is 9. The summed E-state index contributed by atoms with van der Waals surface area (Å²) in [5.41, 5.74) is 7.88. The molecule has 0 aliphatic rings. The first-order valence-electron chi connectivity index (χ1n) is 18.4. The highest BCUT2D eigenvalue weighted by Crippen LogP contribution is 2.40. The van der Waals surface area contributed by atoms with Crippen molar-refractivity contribution >= 4 is 73.0 Å². The molecule has 9 aromatic rings. The third kappa shape index (κ3) is 6.42. The van der Waals surface area contributed by atoms with Crippen LogP contribution < -0.4 is 20.2 Å².